The van der Waals surface area contributed by atoms with Crippen molar-refractivity contribution in [2.45, 2.75) is 13.8 Å². The molecule has 1 heterocycles. The van der Waals surface area contributed by atoms with E-state index in [9.17, 15) is 4.79 Å². The van der Waals surface area contributed by atoms with Crippen LogP contribution in [0.1, 0.15) is 12.7 Å². The molecule has 0 N–H and O–H groups in total. The molecule has 0 aliphatic heterocycles. The molecule has 1 amide bonds. The van der Waals surface area contributed by atoms with Crippen molar-refractivity contribution in [2.24, 2.45) is 0 Å². The number of carbonyl (C=O) groups is 1. The minimum atomic E-state index is -0.149. The number of carbonyl (C=O) groups excluding carboxylic acids is 1. The molecule has 1 aromatic heterocycles. The quantitative estimate of drug-likeness (QED) is 0.650. The Labute approximate surface area is 76.0 Å². The van der Waals surface area contributed by atoms with Crippen molar-refractivity contribution in [1.82, 2.24) is 10.1 Å². The Morgan fingerprint density at radius 1 is 1.77 bits per heavy atom. The minimum absolute atomic E-state index is 0.149. The summed E-state index contributed by atoms with van der Waals surface area (Å²) in [6, 6.07) is 0.213. The van der Waals surface area contributed by atoms with Crippen molar-refractivity contribution in [1.29, 1.82) is 0 Å². The van der Waals surface area contributed by atoms with Crippen LogP contribution in [-0.2, 0) is 4.79 Å². The predicted molar refractivity (Wildman–Crippen MR) is 47.3 cm³/mol. The van der Waals surface area contributed by atoms with Crippen molar-refractivity contribution in [3.05, 3.63) is 18.5 Å². The molecule has 13 heavy (non-hydrogen) atoms. The van der Waals surface area contributed by atoms with Gasteiger partial charge in [0.2, 0.25) is 5.91 Å². The summed E-state index contributed by atoms with van der Waals surface area (Å²) in [5.74, 6) is 0.355. The minimum Gasteiger partial charge on any atom is -0.315 e. The van der Waals surface area contributed by atoms with E-state index in [1.165, 1.54) is 11.8 Å². The van der Waals surface area contributed by atoms with Crippen LogP contribution < -0.4 is 4.90 Å². The molecule has 0 saturated carbocycles. The standard InChI is InChI=1S/C8H11N3O2/c1-4-5-11(7(3)12)8-9-6(2)10-13-8/h4H,1,5H2,2-3H3. The first-order chi connectivity index (χ1) is 6.15. The van der Waals surface area contributed by atoms with Gasteiger partial charge in [0.25, 0.3) is 0 Å². The van der Waals surface area contributed by atoms with E-state index in [1.54, 1.807) is 13.0 Å². The number of hydrogen-bond acceptors (Lipinski definition) is 4. The summed E-state index contributed by atoms with van der Waals surface area (Å²) >= 11 is 0. The van der Waals surface area contributed by atoms with E-state index >= 15 is 0 Å². The molecule has 0 saturated heterocycles. The third kappa shape index (κ3) is 2.14. The summed E-state index contributed by atoms with van der Waals surface area (Å²) in [6.45, 7) is 7.03. The number of rotatable bonds is 3. The zero-order chi connectivity index (χ0) is 9.84. The van der Waals surface area contributed by atoms with Gasteiger partial charge >= 0.3 is 6.01 Å². The van der Waals surface area contributed by atoms with Crippen LogP contribution in [0, 0.1) is 6.92 Å². The van der Waals surface area contributed by atoms with Gasteiger partial charge in [-0.15, -0.1) is 6.58 Å². The summed E-state index contributed by atoms with van der Waals surface area (Å²) < 4.78 is 4.84. The molecule has 5 nitrogen and oxygen atoms in total. The van der Waals surface area contributed by atoms with Crippen LogP contribution in [0.25, 0.3) is 0 Å². The Morgan fingerprint density at radius 3 is 2.85 bits per heavy atom. The molecule has 0 atom stereocenters. The number of nitrogens with zero attached hydrogens (tertiary/aromatic N) is 3. The van der Waals surface area contributed by atoms with E-state index in [2.05, 4.69) is 16.7 Å². The topological polar surface area (TPSA) is 59.2 Å². The molecule has 5 heteroatoms. The monoisotopic (exact) mass is 181 g/mol. The average Bonchev–Trinajstić information content (AvgIpc) is 2.46. The zero-order valence-corrected chi connectivity index (χ0v) is 7.65. The van der Waals surface area contributed by atoms with E-state index in [4.69, 9.17) is 4.52 Å². The second-order valence-corrected chi connectivity index (χ2v) is 2.54. The maximum atomic E-state index is 11.1. The highest BCUT2D eigenvalue weighted by atomic mass is 16.5. The predicted octanol–water partition coefficient (Wildman–Crippen LogP) is 0.917. The normalized spacial score (nSPS) is 9.69. The molecule has 1 rings (SSSR count). The molecule has 0 radical (unpaired) electrons. The van der Waals surface area contributed by atoms with Crippen molar-refractivity contribution in [2.75, 3.05) is 11.4 Å². The lowest BCUT2D eigenvalue weighted by atomic mass is 10.5. The van der Waals surface area contributed by atoms with E-state index in [1.807, 2.05) is 0 Å². The molecule has 0 unspecified atom stereocenters. The third-order valence-corrected chi connectivity index (χ3v) is 1.44. The first kappa shape index (κ1) is 9.44. The summed E-state index contributed by atoms with van der Waals surface area (Å²) in [5.41, 5.74) is 0. The summed E-state index contributed by atoms with van der Waals surface area (Å²) in [4.78, 5) is 16.4. The fourth-order valence-electron chi connectivity index (χ4n) is 0.866. The summed E-state index contributed by atoms with van der Waals surface area (Å²) in [5, 5.41) is 3.59. The summed E-state index contributed by atoms with van der Waals surface area (Å²) in [7, 11) is 0. The number of aryl methyl sites for hydroxylation is 1. The highest BCUT2D eigenvalue weighted by Gasteiger charge is 2.15. The molecule has 0 aliphatic rings. The van der Waals surface area contributed by atoms with Crippen LogP contribution in [-0.4, -0.2) is 22.6 Å². The van der Waals surface area contributed by atoms with E-state index in [0.29, 0.717) is 12.4 Å². The van der Waals surface area contributed by atoms with Gasteiger partial charge in [0.05, 0.1) is 0 Å². The van der Waals surface area contributed by atoms with Gasteiger partial charge in [-0.3, -0.25) is 9.69 Å². The summed E-state index contributed by atoms with van der Waals surface area (Å²) in [6.07, 6.45) is 1.60. The van der Waals surface area contributed by atoms with Gasteiger partial charge in [-0.2, -0.15) is 4.98 Å². The van der Waals surface area contributed by atoms with Crippen molar-refractivity contribution in [3.63, 3.8) is 0 Å². The number of anilines is 1. The largest absolute Gasteiger partial charge is 0.331 e. The number of hydrogen-bond donors (Lipinski definition) is 0. The number of aromatic nitrogens is 2. The maximum Gasteiger partial charge on any atom is 0.331 e. The zero-order valence-electron chi connectivity index (χ0n) is 7.65. The van der Waals surface area contributed by atoms with Crippen LogP contribution in [0.5, 0.6) is 0 Å². The van der Waals surface area contributed by atoms with Crippen molar-refractivity contribution in [3.8, 4) is 0 Å². The lowest BCUT2D eigenvalue weighted by Gasteiger charge is -2.12. The van der Waals surface area contributed by atoms with Gasteiger partial charge in [-0.25, -0.2) is 0 Å². The molecule has 0 aromatic carbocycles. The van der Waals surface area contributed by atoms with Gasteiger partial charge in [0.1, 0.15) is 0 Å². The maximum absolute atomic E-state index is 11.1. The van der Waals surface area contributed by atoms with Crippen LogP contribution in [0.2, 0.25) is 0 Å². The van der Waals surface area contributed by atoms with Crippen molar-refractivity contribution >= 4 is 11.9 Å². The van der Waals surface area contributed by atoms with E-state index in [-0.39, 0.29) is 11.9 Å². The fourth-order valence-corrected chi connectivity index (χ4v) is 0.866. The Bertz CT molecular complexity index is 319. The fraction of sp³-hybridized carbons (Fsp3) is 0.375. The second kappa shape index (κ2) is 3.84. The molecule has 0 aliphatic carbocycles. The number of amides is 1. The van der Waals surface area contributed by atoms with Gasteiger partial charge in [0.15, 0.2) is 5.82 Å². The molecule has 0 bridgehead atoms. The Morgan fingerprint density at radius 2 is 2.46 bits per heavy atom. The lowest BCUT2D eigenvalue weighted by Crippen LogP contribution is -2.28. The first-order valence-electron chi connectivity index (χ1n) is 3.84. The molecular formula is C8H11N3O2. The van der Waals surface area contributed by atoms with E-state index in [0.717, 1.165) is 0 Å². The lowest BCUT2D eigenvalue weighted by molar-refractivity contribution is -0.116. The van der Waals surface area contributed by atoms with Crippen LogP contribution in [0.15, 0.2) is 17.2 Å². The Hall–Kier alpha value is -1.65. The van der Waals surface area contributed by atoms with Gasteiger partial charge < -0.3 is 4.52 Å². The Kier molecular flexibility index (Phi) is 2.79. The highest BCUT2D eigenvalue weighted by Crippen LogP contribution is 2.10. The molecule has 1 aromatic rings. The van der Waals surface area contributed by atoms with Crippen LogP contribution in [0.3, 0.4) is 0 Å². The average molecular weight is 181 g/mol. The molecule has 0 fully saturated rings. The highest BCUT2D eigenvalue weighted by molar-refractivity contribution is 5.89. The van der Waals surface area contributed by atoms with Gasteiger partial charge in [-0.05, 0) is 6.92 Å². The van der Waals surface area contributed by atoms with Crippen molar-refractivity contribution < 1.29 is 9.32 Å². The smallest absolute Gasteiger partial charge is 0.315 e. The van der Waals surface area contributed by atoms with Crippen LogP contribution in [0.4, 0.5) is 6.01 Å². The molecule has 70 valence electrons. The van der Waals surface area contributed by atoms with Gasteiger partial charge in [0, 0.05) is 13.5 Å². The van der Waals surface area contributed by atoms with Crippen LogP contribution >= 0.6 is 0 Å². The molecule has 0 spiro atoms. The Balaban J connectivity index is 2.87. The first-order valence-corrected chi connectivity index (χ1v) is 3.84. The van der Waals surface area contributed by atoms with E-state index < -0.39 is 0 Å². The van der Waals surface area contributed by atoms with Gasteiger partial charge in [-0.1, -0.05) is 11.2 Å². The third-order valence-electron chi connectivity index (χ3n) is 1.44. The molecular weight excluding hydrogens is 170 g/mol. The SMILES string of the molecule is C=CCN(C(C)=O)c1nc(C)no1. The second-order valence-electron chi connectivity index (χ2n) is 2.54.